The van der Waals surface area contributed by atoms with Gasteiger partial charge in [0.2, 0.25) is 0 Å². The van der Waals surface area contributed by atoms with Gasteiger partial charge in [-0.05, 0) is 66.2 Å². The summed E-state index contributed by atoms with van der Waals surface area (Å²) in [5, 5.41) is 0. The molecule has 3 aromatic carbocycles. The largest absolute Gasteiger partial charge is 0.497 e. The predicted molar refractivity (Wildman–Crippen MR) is 98.1 cm³/mol. The Bertz CT molecular complexity index is 854. The smallest absolute Gasteiger partial charge is 0.343 e. The van der Waals surface area contributed by atoms with Crippen molar-refractivity contribution in [3.05, 3.63) is 90.0 Å². The second-order valence-corrected chi connectivity index (χ2v) is 5.28. The summed E-state index contributed by atoms with van der Waals surface area (Å²) in [6, 6.07) is 23.6. The van der Waals surface area contributed by atoms with Gasteiger partial charge in [-0.15, -0.1) is 0 Å². The Morgan fingerprint density at radius 3 is 2.16 bits per heavy atom. The molecule has 0 radical (unpaired) electrons. The molecule has 4 heteroatoms. The Labute approximate surface area is 146 Å². The second kappa shape index (κ2) is 7.93. The highest BCUT2D eigenvalue weighted by Gasteiger charge is 2.07. The Kier molecular flexibility index (Phi) is 5.22. The van der Waals surface area contributed by atoms with Crippen LogP contribution in [0.2, 0.25) is 0 Å². The monoisotopic (exact) mass is 331 g/mol. The molecule has 0 fully saturated rings. The number of aliphatic imine (C=N–C) groups is 1. The minimum Gasteiger partial charge on any atom is -0.497 e. The fraction of sp³-hybridized carbons (Fsp3) is 0.0476. The maximum atomic E-state index is 12.1. The van der Waals surface area contributed by atoms with Crippen molar-refractivity contribution < 1.29 is 14.3 Å². The van der Waals surface area contributed by atoms with Gasteiger partial charge in [0.05, 0.1) is 18.4 Å². The zero-order valence-corrected chi connectivity index (χ0v) is 13.8. The summed E-state index contributed by atoms with van der Waals surface area (Å²) in [6.45, 7) is 0. The molecule has 0 unspecified atom stereocenters. The summed E-state index contributed by atoms with van der Waals surface area (Å²) < 4.78 is 10.4. The van der Waals surface area contributed by atoms with Gasteiger partial charge in [0, 0.05) is 6.21 Å². The van der Waals surface area contributed by atoms with E-state index in [0.717, 1.165) is 17.0 Å². The van der Waals surface area contributed by atoms with E-state index in [9.17, 15) is 4.79 Å². The predicted octanol–water partition coefficient (Wildman–Crippen LogP) is 4.67. The minimum absolute atomic E-state index is 0.392. The van der Waals surface area contributed by atoms with Crippen LogP contribution in [-0.4, -0.2) is 19.3 Å². The van der Waals surface area contributed by atoms with E-state index in [0.29, 0.717) is 11.3 Å². The Hall–Kier alpha value is -3.40. The van der Waals surface area contributed by atoms with Crippen molar-refractivity contribution in [2.24, 2.45) is 4.99 Å². The van der Waals surface area contributed by atoms with E-state index in [4.69, 9.17) is 9.47 Å². The first-order valence-electron chi connectivity index (χ1n) is 7.80. The molecule has 0 aliphatic heterocycles. The summed E-state index contributed by atoms with van der Waals surface area (Å²) in [5.74, 6) is 0.935. The van der Waals surface area contributed by atoms with Crippen LogP contribution in [0.5, 0.6) is 11.5 Å². The zero-order valence-electron chi connectivity index (χ0n) is 13.8. The number of para-hydroxylation sites is 1. The van der Waals surface area contributed by atoms with Crippen molar-refractivity contribution in [2.45, 2.75) is 0 Å². The normalized spacial score (nSPS) is 10.6. The molecule has 0 N–H and O–H groups in total. The average molecular weight is 331 g/mol. The molecule has 0 amide bonds. The first-order valence-corrected chi connectivity index (χ1v) is 7.80. The van der Waals surface area contributed by atoms with E-state index in [-0.39, 0.29) is 0 Å². The third kappa shape index (κ3) is 4.54. The molecule has 3 aromatic rings. The van der Waals surface area contributed by atoms with E-state index in [1.807, 2.05) is 42.5 Å². The SMILES string of the molecule is COc1ccc(C=Nc2ccc(C(=O)Oc3ccccc3)cc2)cc1. The second-order valence-electron chi connectivity index (χ2n) is 5.28. The Morgan fingerprint density at radius 1 is 0.840 bits per heavy atom. The number of nitrogens with zero attached hydrogens (tertiary/aromatic N) is 1. The molecule has 0 aliphatic rings. The number of hydrogen-bond donors (Lipinski definition) is 0. The van der Waals surface area contributed by atoms with Crippen LogP contribution in [0.15, 0.2) is 83.9 Å². The highest BCUT2D eigenvalue weighted by molar-refractivity contribution is 5.91. The lowest BCUT2D eigenvalue weighted by atomic mass is 10.2. The van der Waals surface area contributed by atoms with E-state index in [1.165, 1.54) is 0 Å². The highest BCUT2D eigenvalue weighted by atomic mass is 16.5. The Balaban J connectivity index is 1.65. The molecular weight excluding hydrogens is 314 g/mol. The molecule has 0 atom stereocenters. The quantitative estimate of drug-likeness (QED) is 0.388. The highest BCUT2D eigenvalue weighted by Crippen LogP contribution is 2.17. The number of esters is 1. The van der Waals surface area contributed by atoms with Crippen LogP contribution in [0, 0.1) is 0 Å². The molecule has 0 saturated heterocycles. The Morgan fingerprint density at radius 2 is 1.52 bits per heavy atom. The summed E-state index contributed by atoms with van der Waals surface area (Å²) in [6.07, 6.45) is 1.76. The van der Waals surface area contributed by atoms with Crippen molar-refractivity contribution in [3.8, 4) is 11.5 Å². The van der Waals surface area contributed by atoms with Crippen LogP contribution < -0.4 is 9.47 Å². The molecule has 124 valence electrons. The lowest BCUT2D eigenvalue weighted by Gasteiger charge is -2.04. The molecule has 0 aliphatic carbocycles. The number of hydrogen-bond acceptors (Lipinski definition) is 4. The minimum atomic E-state index is -0.392. The number of carbonyl (C=O) groups is 1. The summed E-state index contributed by atoms with van der Waals surface area (Å²) >= 11 is 0. The van der Waals surface area contributed by atoms with Crippen LogP contribution >= 0.6 is 0 Å². The third-order valence-corrected chi connectivity index (χ3v) is 3.54. The number of rotatable bonds is 5. The van der Waals surface area contributed by atoms with E-state index >= 15 is 0 Å². The van der Waals surface area contributed by atoms with E-state index in [2.05, 4.69) is 4.99 Å². The van der Waals surface area contributed by atoms with Gasteiger partial charge < -0.3 is 9.47 Å². The van der Waals surface area contributed by atoms with Gasteiger partial charge in [-0.25, -0.2) is 4.79 Å². The van der Waals surface area contributed by atoms with Crippen LogP contribution in [0.3, 0.4) is 0 Å². The number of ether oxygens (including phenoxy) is 2. The molecule has 0 heterocycles. The van der Waals surface area contributed by atoms with E-state index in [1.54, 1.807) is 49.7 Å². The topological polar surface area (TPSA) is 47.9 Å². The maximum absolute atomic E-state index is 12.1. The lowest BCUT2D eigenvalue weighted by molar-refractivity contribution is 0.0735. The number of benzene rings is 3. The summed E-state index contributed by atoms with van der Waals surface area (Å²) in [7, 11) is 1.63. The van der Waals surface area contributed by atoms with Gasteiger partial charge in [-0.1, -0.05) is 18.2 Å². The summed E-state index contributed by atoms with van der Waals surface area (Å²) in [5.41, 5.74) is 2.20. The number of methoxy groups -OCH3 is 1. The fourth-order valence-electron chi connectivity index (χ4n) is 2.18. The first kappa shape index (κ1) is 16.5. The third-order valence-electron chi connectivity index (χ3n) is 3.54. The van der Waals surface area contributed by atoms with Gasteiger partial charge in [-0.3, -0.25) is 4.99 Å². The molecule has 0 spiro atoms. The van der Waals surface area contributed by atoms with Crippen LogP contribution in [0.1, 0.15) is 15.9 Å². The lowest BCUT2D eigenvalue weighted by Crippen LogP contribution is -2.07. The van der Waals surface area contributed by atoms with Gasteiger partial charge in [-0.2, -0.15) is 0 Å². The molecule has 0 aromatic heterocycles. The zero-order chi connectivity index (χ0) is 17.5. The van der Waals surface area contributed by atoms with Gasteiger partial charge in [0.25, 0.3) is 0 Å². The first-order chi connectivity index (χ1) is 12.2. The summed E-state index contributed by atoms with van der Waals surface area (Å²) in [4.78, 5) is 16.5. The van der Waals surface area contributed by atoms with Crippen molar-refractivity contribution in [3.63, 3.8) is 0 Å². The number of carbonyl (C=O) groups excluding carboxylic acids is 1. The van der Waals surface area contributed by atoms with Crippen molar-refractivity contribution in [1.29, 1.82) is 0 Å². The average Bonchev–Trinajstić information content (AvgIpc) is 2.68. The van der Waals surface area contributed by atoms with Crippen molar-refractivity contribution >= 4 is 17.9 Å². The standard InChI is InChI=1S/C21H17NO3/c1-24-19-13-7-16(8-14-19)15-22-18-11-9-17(10-12-18)21(23)25-20-5-3-2-4-6-20/h2-15H,1H3. The van der Waals surface area contributed by atoms with Crippen molar-refractivity contribution in [2.75, 3.05) is 7.11 Å². The molecule has 3 rings (SSSR count). The van der Waals surface area contributed by atoms with Crippen molar-refractivity contribution in [1.82, 2.24) is 0 Å². The molecule has 0 saturated carbocycles. The maximum Gasteiger partial charge on any atom is 0.343 e. The van der Waals surface area contributed by atoms with E-state index < -0.39 is 5.97 Å². The van der Waals surface area contributed by atoms with Gasteiger partial charge >= 0.3 is 5.97 Å². The van der Waals surface area contributed by atoms with Crippen LogP contribution in [-0.2, 0) is 0 Å². The van der Waals surface area contributed by atoms with Gasteiger partial charge in [0.1, 0.15) is 11.5 Å². The van der Waals surface area contributed by atoms with Crippen LogP contribution in [0.4, 0.5) is 5.69 Å². The molecular formula is C21H17NO3. The van der Waals surface area contributed by atoms with Crippen LogP contribution in [0.25, 0.3) is 0 Å². The molecule has 0 bridgehead atoms. The van der Waals surface area contributed by atoms with Gasteiger partial charge in [0.15, 0.2) is 0 Å². The molecule has 25 heavy (non-hydrogen) atoms. The molecule has 4 nitrogen and oxygen atoms in total. The fourth-order valence-corrected chi connectivity index (χ4v) is 2.18.